The molecule has 1 N–H and O–H groups in total. The Labute approximate surface area is 228 Å². The van der Waals surface area contributed by atoms with E-state index in [1.165, 1.54) is 11.8 Å². The lowest BCUT2D eigenvalue weighted by Gasteiger charge is -2.31. The number of unbranched alkanes of at least 4 members (excludes halogenated alkanes) is 1. The summed E-state index contributed by atoms with van der Waals surface area (Å²) in [6, 6.07) is 24.3. The van der Waals surface area contributed by atoms with E-state index in [9.17, 15) is 9.59 Å². The molecule has 190 valence electrons. The van der Waals surface area contributed by atoms with Crippen molar-refractivity contribution in [3.8, 4) is 0 Å². The molecule has 2 amide bonds. The Morgan fingerprint density at radius 1 is 0.889 bits per heavy atom. The zero-order chi connectivity index (χ0) is 25.8. The van der Waals surface area contributed by atoms with Gasteiger partial charge in [-0.05, 0) is 47.4 Å². The fraction of sp³-hybridized carbons (Fsp3) is 0.310. The van der Waals surface area contributed by atoms with E-state index in [1.807, 2.05) is 72.8 Å². The van der Waals surface area contributed by atoms with Crippen LogP contribution in [-0.2, 0) is 28.3 Å². The van der Waals surface area contributed by atoms with Crippen LogP contribution in [0.2, 0.25) is 10.0 Å². The molecule has 0 fully saturated rings. The van der Waals surface area contributed by atoms with Crippen LogP contribution in [0, 0.1) is 0 Å². The monoisotopic (exact) mass is 542 g/mol. The molecule has 0 spiro atoms. The van der Waals surface area contributed by atoms with Crippen molar-refractivity contribution in [2.45, 2.75) is 44.5 Å². The van der Waals surface area contributed by atoms with Crippen LogP contribution >= 0.6 is 35.0 Å². The van der Waals surface area contributed by atoms with Gasteiger partial charge in [-0.3, -0.25) is 9.59 Å². The van der Waals surface area contributed by atoms with E-state index in [0.717, 1.165) is 29.5 Å². The molecule has 0 aromatic heterocycles. The molecule has 3 aromatic rings. The van der Waals surface area contributed by atoms with E-state index in [1.54, 1.807) is 11.0 Å². The molecular weight excluding hydrogens is 511 g/mol. The number of carbonyl (C=O) groups is 2. The molecule has 0 aliphatic heterocycles. The molecule has 1 unspecified atom stereocenters. The fourth-order valence-electron chi connectivity index (χ4n) is 3.86. The van der Waals surface area contributed by atoms with Crippen molar-refractivity contribution >= 4 is 46.8 Å². The second kappa shape index (κ2) is 14.9. The van der Waals surface area contributed by atoms with Gasteiger partial charge in [-0.1, -0.05) is 91.1 Å². The Kier molecular flexibility index (Phi) is 11.7. The molecule has 0 saturated heterocycles. The lowest BCUT2D eigenvalue weighted by molar-refractivity contribution is -0.139. The first kappa shape index (κ1) is 28.1. The number of hydrogen-bond acceptors (Lipinski definition) is 3. The Balaban J connectivity index is 1.83. The van der Waals surface area contributed by atoms with Crippen LogP contribution in [0.1, 0.15) is 36.5 Å². The van der Waals surface area contributed by atoms with Gasteiger partial charge >= 0.3 is 0 Å². The fourth-order valence-corrected chi connectivity index (χ4v) is 5.14. The standard InChI is InChI=1S/C29H32Cl2N2O2S/c1-2-3-15-32-29(35)27(18-22-9-5-4-6-10-22)33(19-23-11-7-13-25(30)16-23)28(34)21-36-20-24-12-8-14-26(31)17-24/h4-14,16-17,27H,2-3,15,18-21H2,1H3,(H,32,35). The molecule has 0 bridgehead atoms. The quantitative estimate of drug-likeness (QED) is 0.242. The van der Waals surface area contributed by atoms with Crippen molar-refractivity contribution in [1.29, 1.82) is 0 Å². The first-order chi connectivity index (χ1) is 17.5. The molecule has 0 aliphatic rings. The number of nitrogens with one attached hydrogen (secondary N) is 1. The van der Waals surface area contributed by atoms with Gasteiger partial charge < -0.3 is 10.2 Å². The number of amides is 2. The van der Waals surface area contributed by atoms with Crippen LogP contribution in [0.4, 0.5) is 0 Å². The molecule has 1 atom stereocenters. The summed E-state index contributed by atoms with van der Waals surface area (Å²) in [5.74, 6) is 0.681. The van der Waals surface area contributed by atoms with Gasteiger partial charge in [0, 0.05) is 35.3 Å². The Morgan fingerprint density at radius 3 is 2.19 bits per heavy atom. The average Bonchev–Trinajstić information content (AvgIpc) is 2.87. The second-order valence-corrected chi connectivity index (χ2v) is 10.5. The molecule has 0 aliphatic carbocycles. The maximum Gasteiger partial charge on any atom is 0.243 e. The minimum absolute atomic E-state index is 0.0893. The number of carbonyl (C=O) groups excluding carboxylic acids is 2. The van der Waals surface area contributed by atoms with Crippen molar-refractivity contribution in [2.24, 2.45) is 0 Å². The predicted octanol–water partition coefficient (Wildman–Crippen LogP) is 6.78. The smallest absolute Gasteiger partial charge is 0.243 e. The lowest BCUT2D eigenvalue weighted by atomic mass is 10.0. The highest BCUT2D eigenvalue weighted by Crippen LogP contribution is 2.21. The highest BCUT2D eigenvalue weighted by Gasteiger charge is 2.30. The third-order valence-corrected chi connectivity index (χ3v) is 7.18. The van der Waals surface area contributed by atoms with Gasteiger partial charge in [-0.15, -0.1) is 11.8 Å². The van der Waals surface area contributed by atoms with Gasteiger partial charge in [0.1, 0.15) is 6.04 Å². The van der Waals surface area contributed by atoms with Gasteiger partial charge in [-0.25, -0.2) is 0 Å². The van der Waals surface area contributed by atoms with Crippen molar-refractivity contribution < 1.29 is 9.59 Å². The van der Waals surface area contributed by atoms with Crippen LogP contribution in [0.25, 0.3) is 0 Å². The average molecular weight is 544 g/mol. The van der Waals surface area contributed by atoms with Crippen LogP contribution in [0.15, 0.2) is 78.9 Å². The Bertz CT molecular complexity index is 1130. The summed E-state index contributed by atoms with van der Waals surface area (Å²) in [5.41, 5.74) is 2.94. The molecule has 36 heavy (non-hydrogen) atoms. The number of halogens is 2. The number of nitrogens with zero attached hydrogens (tertiary/aromatic N) is 1. The maximum atomic E-state index is 13.6. The normalized spacial score (nSPS) is 11.6. The van der Waals surface area contributed by atoms with Gasteiger partial charge in [0.2, 0.25) is 11.8 Å². The van der Waals surface area contributed by atoms with E-state index in [4.69, 9.17) is 23.2 Å². The number of hydrogen-bond donors (Lipinski definition) is 1. The summed E-state index contributed by atoms with van der Waals surface area (Å²) < 4.78 is 0. The summed E-state index contributed by atoms with van der Waals surface area (Å²) in [5, 5.41) is 4.32. The van der Waals surface area contributed by atoms with E-state index >= 15 is 0 Å². The van der Waals surface area contributed by atoms with Crippen LogP contribution in [0.5, 0.6) is 0 Å². The van der Waals surface area contributed by atoms with E-state index in [0.29, 0.717) is 35.3 Å². The van der Waals surface area contributed by atoms with E-state index < -0.39 is 6.04 Å². The van der Waals surface area contributed by atoms with Gasteiger partial charge in [-0.2, -0.15) is 0 Å². The maximum absolute atomic E-state index is 13.6. The topological polar surface area (TPSA) is 49.4 Å². The van der Waals surface area contributed by atoms with Crippen molar-refractivity contribution in [2.75, 3.05) is 12.3 Å². The largest absolute Gasteiger partial charge is 0.354 e. The molecule has 3 aromatic carbocycles. The predicted molar refractivity (Wildman–Crippen MR) is 151 cm³/mol. The molecule has 0 radical (unpaired) electrons. The lowest BCUT2D eigenvalue weighted by Crippen LogP contribution is -2.51. The minimum atomic E-state index is -0.637. The molecular formula is C29H32Cl2N2O2S. The first-order valence-electron chi connectivity index (χ1n) is 12.1. The molecule has 3 rings (SSSR count). The number of benzene rings is 3. The summed E-state index contributed by atoms with van der Waals surface area (Å²) >= 11 is 13.9. The van der Waals surface area contributed by atoms with E-state index in [-0.39, 0.29) is 17.6 Å². The zero-order valence-electron chi connectivity index (χ0n) is 20.5. The minimum Gasteiger partial charge on any atom is -0.354 e. The van der Waals surface area contributed by atoms with Crippen LogP contribution in [0.3, 0.4) is 0 Å². The highest BCUT2D eigenvalue weighted by molar-refractivity contribution is 7.99. The third kappa shape index (κ3) is 9.20. The van der Waals surface area contributed by atoms with Crippen molar-refractivity contribution in [1.82, 2.24) is 10.2 Å². The molecule has 0 saturated carbocycles. The van der Waals surface area contributed by atoms with Gasteiger partial charge in [0.05, 0.1) is 5.75 Å². The highest BCUT2D eigenvalue weighted by atomic mass is 35.5. The van der Waals surface area contributed by atoms with Gasteiger partial charge in [0.25, 0.3) is 0 Å². The summed E-state index contributed by atoms with van der Waals surface area (Å²) in [6.07, 6.45) is 2.31. The summed E-state index contributed by atoms with van der Waals surface area (Å²) in [4.78, 5) is 28.7. The van der Waals surface area contributed by atoms with Crippen LogP contribution in [-0.4, -0.2) is 35.1 Å². The third-order valence-electron chi connectivity index (χ3n) is 5.73. The Morgan fingerprint density at radius 2 is 1.53 bits per heavy atom. The Hall–Kier alpha value is -2.47. The second-order valence-electron chi connectivity index (χ2n) is 8.62. The van der Waals surface area contributed by atoms with E-state index in [2.05, 4.69) is 12.2 Å². The molecule has 7 heteroatoms. The SMILES string of the molecule is CCCCNC(=O)C(Cc1ccccc1)N(Cc1cccc(Cl)c1)C(=O)CSCc1cccc(Cl)c1. The van der Waals surface area contributed by atoms with Crippen LogP contribution < -0.4 is 5.32 Å². The van der Waals surface area contributed by atoms with Gasteiger partial charge in [0.15, 0.2) is 0 Å². The van der Waals surface area contributed by atoms with Crippen molar-refractivity contribution in [3.63, 3.8) is 0 Å². The first-order valence-corrected chi connectivity index (χ1v) is 14.0. The zero-order valence-corrected chi connectivity index (χ0v) is 22.8. The number of rotatable bonds is 13. The summed E-state index contributed by atoms with van der Waals surface area (Å²) in [7, 11) is 0. The molecule has 0 heterocycles. The summed E-state index contributed by atoms with van der Waals surface area (Å²) in [6.45, 7) is 2.97. The van der Waals surface area contributed by atoms with Crippen molar-refractivity contribution in [3.05, 3.63) is 106 Å². The number of thioether (sulfide) groups is 1. The molecule has 4 nitrogen and oxygen atoms in total.